The topological polar surface area (TPSA) is 68.7 Å². The van der Waals surface area contributed by atoms with E-state index in [1.54, 1.807) is 18.4 Å². The summed E-state index contributed by atoms with van der Waals surface area (Å²) >= 11 is 1.74. The number of rotatable bonds is 6. The van der Waals surface area contributed by atoms with Crippen molar-refractivity contribution >= 4 is 47.1 Å². The van der Waals surface area contributed by atoms with Crippen molar-refractivity contribution in [2.24, 2.45) is 4.99 Å². The molecule has 0 radical (unpaired) electrons. The summed E-state index contributed by atoms with van der Waals surface area (Å²) in [6.45, 7) is 7.85. The molecule has 2 aromatic heterocycles. The predicted octanol–water partition coefficient (Wildman–Crippen LogP) is 2.12. The highest BCUT2D eigenvalue weighted by atomic mass is 127. The van der Waals surface area contributed by atoms with E-state index < -0.39 is 0 Å². The van der Waals surface area contributed by atoms with E-state index in [1.165, 1.54) is 4.88 Å². The van der Waals surface area contributed by atoms with E-state index >= 15 is 0 Å². The maximum absolute atomic E-state index is 4.64. The Morgan fingerprint density at radius 2 is 1.93 bits per heavy atom. The van der Waals surface area contributed by atoms with Gasteiger partial charge in [-0.3, -0.25) is 4.99 Å². The molecular formula is C19H30IN7S. The van der Waals surface area contributed by atoms with Crippen molar-refractivity contribution < 1.29 is 0 Å². The van der Waals surface area contributed by atoms with E-state index in [4.69, 9.17) is 0 Å². The molecule has 9 heteroatoms. The van der Waals surface area contributed by atoms with Crippen LogP contribution in [0.5, 0.6) is 0 Å². The molecule has 3 rings (SSSR count). The lowest BCUT2D eigenvalue weighted by Crippen LogP contribution is -2.44. The summed E-state index contributed by atoms with van der Waals surface area (Å²) in [4.78, 5) is 19.2. The number of hydrogen-bond donors (Lipinski definition) is 2. The van der Waals surface area contributed by atoms with Gasteiger partial charge in [0.05, 0.1) is 5.01 Å². The van der Waals surface area contributed by atoms with Gasteiger partial charge in [-0.2, -0.15) is 0 Å². The van der Waals surface area contributed by atoms with E-state index in [2.05, 4.69) is 61.5 Å². The first-order chi connectivity index (χ1) is 13.1. The average molecular weight is 515 g/mol. The number of hydrogen-bond acceptors (Lipinski definition) is 6. The van der Waals surface area contributed by atoms with Crippen molar-refractivity contribution in [3.05, 3.63) is 40.0 Å². The molecule has 0 saturated carbocycles. The molecule has 1 saturated heterocycles. The minimum Gasteiger partial charge on any atom is -0.356 e. The largest absolute Gasteiger partial charge is 0.356 e. The van der Waals surface area contributed by atoms with Gasteiger partial charge in [0.25, 0.3) is 0 Å². The molecule has 0 aliphatic carbocycles. The Bertz CT molecular complexity index is 739. The highest BCUT2D eigenvalue weighted by Crippen LogP contribution is 2.13. The molecule has 0 aromatic carbocycles. The molecule has 28 heavy (non-hydrogen) atoms. The van der Waals surface area contributed by atoms with Crippen molar-refractivity contribution in [2.75, 3.05) is 51.7 Å². The fourth-order valence-electron chi connectivity index (χ4n) is 2.96. The second-order valence-corrected chi connectivity index (χ2v) is 8.10. The second kappa shape index (κ2) is 11.5. The lowest BCUT2D eigenvalue weighted by molar-refractivity contribution is 0.312. The Labute approximate surface area is 188 Å². The third-order valence-electron chi connectivity index (χ3n) is 4.62. The first-order valence-corrected chi connectivity index (χ1v) is 10.2. The third-order valence-corrected chi connectivity index (χ3v) is 5.59. The van der Waals surface area contributed by atoms with Gasteiger partial charge in [0.15, 0.2) is 5.96 Å². The number of nitrogens with one attached hydrogen (secondary N) is 2. The normalized spacial score (nSPS) is 15.2. The molecule has 1 aliphatic rings. The number of likely N-dealkylation sites (N-methyl/N-ethyl adjacent to an activating group) is 1. The smallest absolute Gasteiger partial charge is 0.191 e. The Morgan fingerprint density at radius 3 is 2.54 bits per heavy atom. The maximum atomic E-state index is 4.64. The summed E-state index contributed by atoms with van der Waals surface area (Å²) < 4.78 is 0. The molecular weight excluding hydrogens is 485 g/mol. The fourth-order valence-corrected chi connectivity index (χ4v) is 3.74. The summed E-state index contributed by atoms with van der Waals surface area (Å²) in [6, 6.07) is 4.25. The number of thiazole rings is 1. The highest BCUT2D eigenvalue weighted by molar-refractivity contribution is 14.0. The van der Waals surface area contributed by atoms with Gasteiger partial charge in [-0.15, -0.1) is 35.3 Å². The van der Waals surface area contributed by atoms with E-state index in [-0.39, 0.29) is 24.0 Å². The second-order valence-electron chi connectivity index (χ2n) is 6.78. The van der Waals surface area contributed by atoms with E-state index in [9.17, 15) is 0 Å². The summed E-state index contributed by atoms with van der Waals surface area (Å²) in [5.74, 6) is 1.86. The first-order valence-electron chi connectivity index (χ1n) is 9.38. The van der Waals surface area contributed by atoms with Crippen LogP contribution >= 0.6 is 35.3 Å². The van der Waals surface area contributed by atoms with Crippen LogP contribution in [0.3, 0.4) is 0 Å². The number of halogens is 1. The zero-order valence-electron chi connectivity index (χ0n) is 16.8. The van der Waals surface area contributed by atoms with Gasteiger partial charge in [-0.1, -0.05) is 6.07 Å². The van der Waals surface area contributed by atoms with E-state index in [0.717, 1.165) is 61.5 Å². The SMILES string of the molecule is CN=C(NCCc1ncc(C)s1)NCc1ccc(N2CCN(C)CC2)nc1.I. The zero-order chi connectivity index (χ0) is 19.1. The molecule has 1 aliphatic heterocycles. The van der Waals surface area contributed by atoms with Crippen molar-refractivity contribution in [1.82, 2.24) is 25.5 Å². The summed E-state index contributed by atoms with van der Waals surface area (Å²) in [6.07, 6.45) is 4.78. The Balaban J connectivity index is 0.00000280. The van der Waals surface area contributed by atoms with Crippen LogP contribution in [0, 0.1) is 6.92 Å². The number of aliphatic imine (C=N–C) groups is 1. The molecule has 0 bridgehead atoms. The van der Waals surface area contributed by atoms with Crippen LogP contribution in [0.25, 0.3) is 0 Å². The number of nitrogens with zero attached hydrogens (tertiary/aromatic N) is 5. The van der Waals surface area contributed by atoms with Crippen LogP contribution in [0.15, 0.2) is 29.5 Å². The molecule has 2 N–H and O–H groups in total. The molecule has 1 fully saturated rings. The average Bonchev–Trinajstić information content (AvgIpc) is 3.11. The van der Waals surface area contributed by atoms with Gasteiger partial charge >= 0.3 is 0 Å². The van der Waals surface area contributed by atoms with Crippen molar-refractivity contribution in [3.63, 3.8) is 0 Å². The Morgan fingerprint density at radius 1 is 1.14 bits per heavy atom. The predicted molar refractivity (Wildman–Crippen MR) is 128 cm³/mol. The van der Waals surface area contributed by atoms with Crippen LogP contribution in [0.2, 0.25) is 0 Å². The van der Waals surface area contributed by atoms with Crippen LogP contribution in [-0.2, 0) is 13.0 Å². The van der Waals surface area contributed by atoms with Gasteiger partial charge in [0.1, 0.15) is 5.82 Å². The van der Waals surface area contributed by atoms with Crippen molar-refractivity contribution in [1.29, 1.82) is 0 Å². The van der Waals surface area contributed by atoms with Crippen LogP contribution < -0.4 is 15.5 Å². The molecule has 2 aromatic rings. The fraction of sp³-hybridized carbons (Fsp3) is 0.526. The standard InChI is InChI=1S/C19H29N7S.HI/c1-15-12-23-18(27-15)6-7-21-19(20-2)24-14-16-4-5-17(22-13-16)26-10-8-25(3)9-11-26;/h4-5,12-13H,6-11,14H2,1-3H3,(H2,20,21,24);1H. The number of anilines is 1. The monoisotopic (exact) mass is 515 g/mol. The molecule has 3 heterocycles. The van der Waals surface area contributed by atoms with Gasteiger partial charge in [-0.25, -0.2) is 9.97 Å². The third kappa shape index (κ3) is 6.85. The van der Waals surface area contributed by atoms with Crippen molar-refractivity contribution in [3.8, 4) is 0 Å². The van der Waals surface area contributed by atoms with E-state index in [0.29, 0.717) is 6.54 Å². The first kappa shape index (κ1) is 22.8. The van der Waals surface area contributed by atoms with Crippen LogP contribution in [-0.4, -0.2) is 67.6 Å². The van der Waals surface area contributed by atoms with Gasteiger partial charge in [-0.05, 0) is 25.6 Å². The number of piperazine rings is 1. The highest BCUT2D eigenvalue weighted by Gasteiger charge is 2.14. The lowest BCUT2D eigenvalue weighted by Gasteiger charge is -2.33. The molecule has 0 atom stereocenters. The Kier molecular flexibility index (Phi) is 9.39. The summed E-state index contributed by atoms with van der Waals surface area (Å²) in [5.41, 5.74) is 1.14. The van der Waals surface area contributed by atoms with Crippen molar-refractivity contribution in [2.45, 2.75) is 19.9 Å². The summed E-state index contributed by atoms with van der Waals surface area (Å²) in [5, 5.41) is 7.83. The number of aryl methyl sites for hydroxylation is 1. The molecule has 0 spiro atoms. The van der Waals surface area contributed by atoms with Gasteiger partial charge in [0.2, 0.25) is 0 Å². The maximum Gasteiger partial charge on any atom is 0.191 e. The number of aromatic nitrogens is 2. The molecule has 154 valence electrons. The van der Waals surface area contributed by atoms with Crippen LogP contribution in [0.1, 0.15) is 15.4 Å². The van der Waals surface area contributed by atoms with Gasteiger partial charge < -0.3 is 20.4 Å². The molecule has 0 amide bonds. The number of guanidine groups is 1. The van der Waals surface area contributed by atoms with E-state index in [1.807, 2.05) is 12.4 Å². The minimum atomic E-state index is 0. The number of pyridine rings is 1. The molecule has 0 unspecified atom stereocenters. The summed E-state index contributed by atoms with van der Waals surface area (Å²) in [7, 11) is 3.95. The Hall–Kier alpha value is -1.46. The molecule has 7 nitrogen and oxygen atoms in total. The zero-order valence-corrected chi connectivity index (χ0v) is 20.0. The quantitative estimate of drug-likeness (QED) is 0.349. The van der Waals surface area contributed by atoms with Gasteiger partial charge in [0, 0.05) is 70.0 Å². The lowest BCUT2D eigenvalue weighted by atomic mass is 10.2. The minimum absolute atomic E-state index is 0. The van der Waals surface area contributed by atoms with Crippen LogP contribution in [0.4, 0.5) is 5.82 Å².